The summed E-state index contributed by atoms with van der Waals surface area (Å²) < 4.78 is 0. The third kappa shape index (κ3) is 3.97. The highest BCUT2D eigenvalue weighted by atomic mass is 16.7. The number of aliphatic hydroxyl groups is 1. The zero-order chi connectivity index (χ0) is 9.40. The minimum Gasteiger partial charge on any atom is -0.569 e. The Labute approximate surface area is 71.6 Å². The van der Waals surface area contributed by atoms with Crippen LogP contribution in [0.2, 0.25) is 0 Å². The van der Waals surface area contributed by atoms with Gasteiger partial charge < -0.3 is 15.2 Å². The lowest BCUT2D eigenvalue weighted by Crippen LogP contribution is -2.30. The molecular formula is C6H15N3O3. The van der Waals surface area contributed by atoms with E-state index < -0.39 is 0 Å². The molecule has 0 aromatic carbocycles. The number of hydrogen-bond acceptors (Lipinski definition) is 4. The van der Waals surface area contributed by atoms with Crippen LogP contribution in [0.15, 0.2) is 5.28 Å². The Morgan fingerprint density at radius 1 is 1.50 bits per heavy atom. The van der Waals surface area contributed by atoms with E-state index in [2.05, 4.69) is 10.1 Å². The minimum absolute atomic E-state index is 0.0417. The summed E-state index contributed by atoms with van der Waals surface area (Å²) in [7, 11) is 0. The topological polar surface area (TPSA) is 71.1 Å². The predicted molar refractivity (Wildman–Crippen MR) is 42.0 cm³/mol. The van der Waals surface area contributed by atoms with Crippen LogP contribution >= 0.6 is 0 Å². The van der Waals surface area contributed by atoms with E-state index in [-0.39, 0.29) is 13.2 Å². The van der Waals surface area contributed by atoms with Gasteiger partial charge in [0.2, 0.25) is 5.28 Å². The lowest BCUT2D eigenvalue weighted by molar-refractivity contribution is -0.710. The number of hydrogen-bond donors (Lipinski definition) is 1. The molecule has 6 heteroatoms. The zero-order valence-corrected chi connectivity index (χ0v) is 7.43. The highest BCUT2D eigenvalue weighted by Crippen LogP contribution is 1.89. The van der Waals surface area contributed by atoms with E-state index in [1.807, 2.05) is 13.8 Å². The van der Waals surface area contributed by atoms with Crippen molar-refractivity contribution >= 4 is 0 Å². The average molecular weight is 177 g/mol. The molecule has 72 valence electrons. The first-order chi connectivity index (χ1) is 5.76. The fraction of sp³-hybridized carbons (Fsp3) is 1.00. The molecule has 0 rings (SSSR count). The van der Waals surface area contributed by atoms with E-state index >= 15 is 0 Å². The molecule has 0 spiro atoms. The van der Waals surface area contributed by atoms with E-state index in [4.69, 9.17) is 5.11 Å². The monoisotopic (exact) mass is 177 g/mol. The maximum atomic E-state index is 10.9. The zero-order valence-electron chi connectivity index (χ0n) is 7.43. The summed E-state index contributed by atoms with van der Waals surface area (Å²) in [5, 5.41) is 23.9. The molecular weight excluding hydrogens is 162 g/mol. The predicted octanol–water partition coefficient (Wildman–Crippen LogP) is 0.130. The second kappa shape index (κ2) is 6.66. The first-order valence-electron chi connectivity index (χ1n) is 3.92. The van der Waals surface area contributed by atoms with Gasteiger partial charge in [-0.15, -0.1) is 5.01 Å². The van der Waals surface area contributed by atoms with Gasteiger partial charge in [-0.2, -0.15) is 0 Å². The molecule has 0 saturated carbocycles. The van der Waals surface area contributed by atoms with Gasteiger partial charge in [-0.25, -0.2) is 0 Å². The Balaban J connectivity index is 3.79. The van der Waals surface area contributed by atoms with Gasteiger partial charge in [0, 0.05) is 0 Å². The van der Waals surface area contributed by atoms with Crippen molar-refractivity contribution in [2.75, 3.05) is 26.3 Å². The quantitative estimate of drug-likeness (QED) is 0.271. The molecule has 0 aromatic heterocycles. The van der Waals surface area contributed by atoms with Crippen LogP contribution in [0.4, 0.5) is 0 Å². The van der Waals surface area contributed by atoms with Crippen LogP contribution in [0.3, 0.4) is 0 Å². The number of hydrazine groups is 1. The first-order valence-corrected chi connectivity index (χ1v) is 3.92. The molecule has 0 atom stereocenters. The largest absolute Gasteiger partial charge is 0.569 e. The van der Waals surface area contributed by atoms with Gasteiger partial charge in [0.05, 0.1) is 24.7 Å². The van der Waals surface area contributed by atoms with Crippen molar-refractivity contribution in [1.29, 1.82) is 0 Å². The van der Waals surface area contributed by atoms with Gasteiger partial charge in [0.25, 0.3) is 0 Å². The number of rotatable bonds is 6. The van der Waals surface area contributed by atoms with Crippen molar-refractivity contribution in [3.8, 4) is 0 Å². The molecule has 12 heavy (non-hydrogen) atoms. The third-order valence-corrected chi connectivity index (χ3v) is 1.28. The first kappa shape index (κ1) is 11.0. The second-order valence-corrected chi connectivity index (χ2v) is 2.03. The molecule has 0 saturated heterocycles. The summed E-state index contributed by atoms with van der Waals surface area (Å²) in [4.78, 5) is 4.86. The molecule has 0 fully saturated rings. The number of nitrogens with zero attached hydrogens (tertiary/aromatic N) is 3. The SMILES string of the molecule is CCN(CC)/[N+]([O-])=N\OCCO. The summed E-state index contributed by atoms with van der Waals surface area (Å²) in [6.45, 7) is 4.74. The maximum Gasteiger partial charge on any atom is 0.233 e. The lowest BCUT2D eigenvalue weighted by Gasteiger charge is -2.12. The molecule has 0 unspecified atom stereocenters. The molecule has 0 radical (unpaired) electrons. The molecule has 0 heterocycles. The van der Waals surface area contributed by atoms with Gasteiger partial charge in [-0.3, -0.25) is 0 Å². The smallest absolute Gasteiger partial charge is 0.233 e. The Morgan fingerprint density at radius 3 is 2.50 bits per heavy atom. The maximum absolute atomic E-state index is 10.9. The van der Waals surface area contributed by atoms with E-state index in [0.717, 1.165) is 0 Å². The Bertz CT molecular complexity index is 136. The molecule has 0 aliphatic heterocycles. The van der Waals surface area contributed by atoms with Crippen LogP contribution in [-0.4, -0.2) is 41.4 Å². The summed E-state index contributed by atoms with van der Waals surface area (Å²) in [6, 6.07) is 0. The fourth-order valence-electron chi connectivity index (χ4n) is 0.648. The molecule has 0 aromatic rings. The summed E-state index contributed by atoms with van der Waals surface area (Å²) in [5.74, 6) is 0. The molecule has 0 bridgehead atoms. The summed E-state index contributed by atoms with van der Waals surface area (Å²) in [5.41, 5.74) is 0. The molecule has 0 aliphatic carbocycles. The third-order valence-electron chi connectivity index (χ3n) is 1.28. The van der Waals surface area contributed by atoms with Crippen molar-refractivity contribution in [2.24, 2.45) is 5.28 Å². The van der Waals surface area contributed by atoms with Crippen LogP contribution in [-0.2, 0) is 4.84 Å². The van der Waals surface area contributed by atoms with Gasteiger partial charge in [-0.1, -0.05) is 0 Å². The van der Waals surface area contributed by atoms with Crippen molar-refractivity contribution < 1.29 is 14.9 Å². The van der Waals surface area contributed by atoms with Crippen LogP contribution in [0.1, 0.15) is 13.8 Å². The van der Waals surface area contributed by atoms with Crippen molar-refractivity contribution in [3.63, 3.8) is 0 Å². The number of aliphatic hydroxyl groups excluding tert-OH is 1. The van der Waals surface area contributed by atoms with Crippen LogP contribution < -0.4 is 0 Å². The fourth-order valence-corrected chi connectivity index (χ4v) is 0.648. The summed E-state index contributed by atoms with van der Waals surface area (Å²) >= 11 is 0. The standard InChI is InChI=1S/C6H15N3O3/c1-3-8(4-2)9(11)7-12-6-5-10/h10H,3-6H2,1-2H3/b9-7+. The van der Waals surface area contributed by atoms with Crippen molar-refractivity contribution in [2.45, 2.75) is 13.8 Å². The molecule has 0 amide bonds. The van der Waals surface area contributed by atoms with E-state index in [0.29, 0.717) is 18.1 Å². The molecule has 1 N–H and O–H groups in total. The van der Waals surface area contributed by atoms with Crippen LogP contribution in [0.25, 0.3) is 0 Å². The summed E-state index contributed by atoms with van der Waals surface area (Å²) in [6.07, 6.45) is 0. The highest BCUT2D eigenvalue weighted by Gasteiger charge is 2.05. The Kier molecular flexibility index (Phi) is 6.08. The molecule has 6 nitrogen and oxygen atoms in total. The van der Waals surface area contributed by atoms with E-state index in [1.54, 1.807) is 0 Å². The second-order valence-electron chi connectivity index (χ2n) is 2.03. The normalized spacial score (nSPS) is 11.4. The Morgan fingerprint density at radius 2 is 2.08 bits per heavy atom. The minimum atomic E-state index is -0.143. The van der Waals surface area contributed by atoms with Crippen molar-refractivity contribution in [1.82, 2.24) is 5.01 Å². The Hall–Kier alpha value is -1.04. The highest BCUT2D eigenvalue weighted by molar-refractivity contribution is 4.29. The lowest BCUT2D eigenvalue weighted by atomic mass is 10.6. The average Bonchev–Trinajstić information content (AvgIpc) is 2.07. The van der Waals surface area contributed by atoms with Gasteiger partial charge in [-0.05, 0) is 13.8 Å². The van der Waals surface area contributed by atoms with Crippen molar-refractivity contribution in [3.05, 3.63) is 5.21 Å². The van der Waals surface area contributed by atoms with Crippen LogP contribution in [0.5, 0.6) is 0 Å². The molecule has 0 aliphatic rings. The van der Waals surface area contributed by atoms with E-state index in [1.165, 1.54) is 5.01 Å². The van der Waals surface area contributed by atoms with E-state index in [9.17, 15) is 5.21 Å². The van der Waals surface area contributed by atoms with Gasteiger partial charge in [0.1, 0.15) is 6.61 Å². The van der Waals surface area contributed by atoms with Gasteiger partial charge >= 0.3 is 0 Å². The van der Waals surface area contributed by atoms with Gasteiger partial charge in [0.15, 0.2) is 0 Å². The van der Waals surface area contributed by atoms with Crippen LogP contribution in [0, 0.1) is 5.21 Å².